The van der Waals surface area contributed by atoms with Crippen LogP contribution in [0.1, 0.15) is 18.4 Å². The number of carbonyl (C=O) groups excluding carboxylic acids is 1. The first kappa shape index (κ1) is 8.59. The molecular formula is C9H10NO2-. The minimum absolute atomic E-state index is 0.578. The number of benzene rings is 1. The molecule has 1 unspecified atom stereocenters. The lowest BCUT2D eigenvalue weighted by molar-refractivity contribution is -0.307. The fraction of sp³-hybridized carbons (Fsp3) is 0.222. The smallest absolute Gasteiger partial charge is 0.0486 e. The Balaban J connectivity index is 2.89. The van der Waals surface area contributed by atoms with Crippen LogP contribution in [0.3, 0.4) is 0 Å². The molecule has 0 aliphatic heterocycles. The third kappa shape index (κ3) is 1.75. The molecule has 0 saturated heterocycles. The second kappa shape index (κ2) is 3.26. The van der Waals surface area contributed by atoms with Gasteiger partial charge in [0.25, 0.3) is 0 Å². The average molecular weight is 164 g/mol. The maximum Gasteiger partial charge on any atom is 0.0486 e. The number of nitrogens with two attached hydrogens (primary N) is 1. The van der Waals surface area contributed by atoms with Crippen molar-refractivity contribution < 1.29 is 9.90 Å². The zero-order valence-electron chi connectivity index (χ0n) is 6.78. The van der Waals surface area contributed by atoms with Crippen molar-refractivity contribution in [3.63, 3.8) is 0 Å². The lowest BCUT2D eigenvalue weighted by atomic mass is 10.0. The largest absolute Gasteiger partial charge is 0.550 e. The number of anilines is 1. The predicted molar refractivity (Wildman–Crippen MR) is 44.3 cm³/mol. The van der Waals surface area contributed by atoms with Crippen LogP contribution in [0.2, 0.25) is 0 Å². The van der Waals surface area contributed by atoms with E-state index in [0.29, 0.717) is 11.3 Å². The Bertz CT molecular complexity index is 279. The highest BCUT2D eigenvalue weighted by molar-refractivity contribution is 5.73. The molecule has 12 heavy (non-hydrogen) atoms. The highest BCUT2D eigenvalue weighted by Crippen LogP contribution is 2.15. The van der Waals surface area contributed by atoms with Crippen LogP contribution >= 0.6 is 0 Å². The van der Waals surface area contributed by atoms with E-state index < -0.39 is 11.9 Å². The molecule has 0 saturated carbocycles. The minimum atomic E-state index is -1.07. The summed E-state index contributed by atoms with van der Waals surface area (Å²) in [6.45, 7) is 1.58. The third-order valence-electron chi connectivity index (χ3n) is 1.79. The number of carboxylic acid groups (broad SMARTS) is 1. The summed E-state index contributed by atoms with van der Waals surface area (Å²) >= 11 is 0. The van der Waals surface area contributed by atoms with Crippen LogP contribution in [0.5, 0.6) is 0 Å². The van der Waals surface area contributed by atoms with Gasteiger partial charge in [0.05, 0.1) is 0 Å². The van der Waals surface area contributed by atoms with Crippen molar-refractivity contribution in [1.82, 2.24) is 0 Å². The van der Waals surface area contributed by atoms with Crippen LogP contribution in [-0.4, -0.2) is 5.97 Å². The Morgan fingerprint density at radius 2 is 1.92 bits per heavy atom. The van der Waals surface area contributed by atoms with Crippen LogP contribution in [-0.2, 0) is 4.79 Å². The molecule has 1 aromatic rings. The maximum atomic E-state index is 10.4. The zero-order chi connectivity index (χ0) is 9.14. The summed E-state index contributed by atoms with van der Waals surface area (Å²) in [6, 6.07) is 6.73. The molecule has 0 aliphatic carbocycles. The van der Waals surface area contributed by atoms with Crippen LogP contribution in [0.25, 0.3) is 0 Å². The highest BCUT2D eigenvalue weighted by atomic mass is 16.4. The molecule has 0 spiro atoms. The summed E-state index contributed by atoms with van der Waals surface area (Å²) in [7, 11) is 0. The quantitative estimate of drug-likeness (QED) is 0.631. The van der Waals surface area contributed by atoms with Gasteiger partial charge in [-0.3, -0.25) is 0 Å². The van der Waals surface area contributed by atoms with Crippen LogP contribution in [0, 0.1) is 0 Å². The first-order valence-corrected chi connectivity index (χ1v) is 3.67. The molecule has 1 aromatic carbocycles. The summed E-state index contributed by atoms with van der Waals surface area (Å²) in [6.07, 6.45) is 0. The predicted octanol–water partition coefficient (Wildman–Crippen LogP) is 0.122. The number of aliphatic carboxylic acids is 1. The summed E-state index contributed by atoms with van der Waals surface area (Å²) in [5.74, 6) is -1.65. The molecule has 64 valence electrons. The van der Waals surface area contributed by atoms with E-state index in [0.717, 1.165) is 0 Å². The fourth-order valence-electron chi connectivity index (χ4n) is 0.921. The Kier molecular flexibility index (Phi) is 2.33. The maximum absolute atomic E-state index is 10.4. The second-order valence-electron chi connectivity index (χ2n) is 2.71. The molecule has 3 heteroatoms. The molecule has 0 fully saturated rings. The van der Waals surface area contributed by atoms with Gasteiger partial charge < -0.3 is 15.6 Å². The van der Waals surface area contributed by atoms with Gasteiger partial charge in [-0.2, -0.15) is 0 Å². The van der Waals surface area contributed by atoms with Gasteiger partial charge in [-0.25, -0.2) is 0 Å². The van der Waals surface area contributed by atoms with E-state index in [1.807, 2.05) is 0 Å². The van der Waals surface area contributed by atoms with E-state index in [1.54, 1.807) is 31.2 Å². The van der Waals surface area contributed by atoms with Crippen molar-refractivity contribution in [2.45, 2.75) is 12.8 Å². The van der Waals surface area contributed by atoms with Gasteiger partial charge in [-0.1, -0.05) is 19.1 Å². The van der Waals surface area contributed by atoms with Gasteiger partial charge in [-0.15, -0.1) is 0 Å². The van der Waals surface area contributed by atoms with E-state index in [2.05, 4.69) is 0 Å². The summed E-state index contributed by atoms with van der Waals surface area (Å²) in [5.41, 5.74) is 6.78. The molecule has 0 aromatic heterocycles. The molecular weight excluding hydrogens is 154 g/mol. The molecule has 0 radical (unpaired) electrons. The van der Waals surface area contributed by atoms with Gasteiger partial charge in [-0.05, 0) is 17.7 Å². The minimum Gasteiger partial charge on any atom is -0.550 e. The molecule has 0 aliphatic rings. The van der Waals surface area contributed by atoms with Crippen LogP contribution < -0.4 is 10.8 Å². The number of hydrogen-bond donors (Lipinski definition) is 1. The molecule has 1 rings (SSSR count). The third-order valence-corrected chi connectivity index (χ3v) is 1.79. The second-order valence-corrected chi connectivity index (χ2v) is 2.71. The van der Waals surface area contributed by atoms with Crippen LogP contribution in [0.4, 0.5) is 5.69 Å². The Labute approximate surface area is 70.8 Å². The van der Waals surface area contributed by atoms with E-state index in [4.69, 9.17) is 5.73 Å². The Morgan fingerprint density at radius 3 is 2.33 bits per heavy atom. The van der Waals surface area contributed by atoms with Crippen molar-refractivity contribution >= 4 is 11.7 Å². The summed E-state index contributed by atoms with van der Waals surface area (Å²) in [5, 5.41) is 10.4. The van der Waals surface area contributed by atoms with Crippen molar-refractivity contribution in [3.8, 4) is 0 Å². The SMILES string of the molecule is CC(C(=O)[O-])c1ccc(N)cc1. The first-order chi connectivity index (χ1) is 5.61. The first-order valence-electron chi connectivity index (χ1n) is 3.67. The van der Waals surface area contributed by atoms with Crippen LogP contribution in [0.15, 0.2) is 24.3 Å². The van der Waals surface area contributed by atoms with E-state index in [9.17, 15) is 9.90 Å². The monoisotopic (exact) mass is 164 g/mol. The molecule has 0 amide bonds. The Hall–Kier alpha value is -1.51. The van der Waals surface area contributed by atoms with E-state index >= 15 is 0 Å². The van der Waals surface area contributed by atoms with Crippen molar-refractivity contribution in [2.24, 2.45) is 0 Å². The van der Waals surface area contributed by atoms with Crippen molar-refractivity contribution in [3.05, 3.63) is 29.8 Å². The van der Waals surface area contributed by atoms with Gasteiger partial charge in [0.15, 0.2) is 0 Å². The standard InChI is InChI=1S/C9H11NO2/c1-6(9(11)12)7-2-4-8(10)5-3-7/h2-6H,10H2,1H3,(H,11,12)/p-1. The molecule has 3 nitrogen and oxygen atoms in total. The van der Waals surface area contributed by atoms with E-state index in [1.165, 1.54) is 0 Å². The Morgan fingerprint density at radius 1 is 1.42 bits per heavy atom. The lowest BCUT2D eigenvalue weighted by Crippen LogP contribution is -2.27. The zero-order valence-corrected chi connectivity index (χ0v) is 6.78. The molecule has 0 bridgehead atoms. The van der Waals surface area contributed by atoms with E-state index in [-0.39, 0.29) is 0 Å². The average Bonchev–Trinajstić information content (AvgIpc) is 2.04. The van der Waals surface area contributed by atoms with Crippen molar-refractivity contribution in [1.29, 1.82) is 0 Å². The lowest BCUT2D eigenvalue weighted by Gasteiger charge is -2.12. The number of hydrogen-bond acceptors (Lipinski definition) is 3. The molecule has 1 atom stereocenters. The number of nitrogen functional groups attached to an aromatic ring is 1. The fourth-order valence-corrected chi connectivity index (χ4v) is 0.921. The van der Waals surface area contributed by atoms with Crippen molar-refractivity contribution in [2.75, 3.05) is 5.73 Å². The van der Waals surface area contributed by atoms with Gasteiger partial charge in [0, 0.05) is 17.6 Å². The summed E-state index contributed by atoms with van der Waals surface area (Å²) < 4.78 is 0. The van der Waals surface area contributed by atoms with Gasteiger partial charge in [0.1, 0.15) is 0 Å². The molecule has 0 heterocycles. The number of rotatable bonds is 2. The highest BCUT2D eigenvalue weighted by Gasteiger charge is 2.04. The topological polar surface area (TPSA) is 66.1 Å². The summed E-state index contributed by atoms with van der Waals surface area (Å²) in [4.78, 5) is 10.4. The number of carbonyl (C=O) groups is 1. The van der Waals surface area contributed by atoms with Gasteiger partial charge >= 0.3 is 0 Å². The normalized spacial score (nSPS) is 12.4. The van der Waals surface area contributed by atoms with Gasteiger partial charge in [0.2, 0.25) is 0 Å². The number of carboxylic acids is 1. The molecule has 2 N–H and O–H groups in total.